The van der Waals surface area contributed by atoms with Gasteiger partial charge in [0.1, 0.15) is 5.41 Å². The zero-order chi connectivity index (χ0) is 11.7. The molecule has 84 valence electrons. The van der Waals surface area contributed by atoms with Crippen LogP contribution in [-0.2, 0) is 0 Å². The van der Waals surface area contributed by atoms with Gasteiger partial charge in [0.2, 0.25) is 0 Å². The van der Waals surface area contributed by atoms with Crippen molar-refractivity contribution in [3.05, 3.63) is 0 Å². The lowest BCUT2D eigenvalue weighted by Gasteiger charge is -2.18. The average Bonchev–Trinajstić information content (AvgIpc) is 2.23. The number of hydrogen-bond acceptors (Lipinski definition) is 2. The van der Waals surface area contributed by atoms with Crippen LogP contribution in [0, 0.1) is 34.0 Å². The van der Waals surface area contributed by atoms with E-state index in [0.717, 1.165) is 38.5 Å². The minimum atomic E-state index is -0.717. The molecule has 0 saturated heterocycles. The zero-order valence-corrected chi connectivity index (χ0v) is 10.2. The standard InChI is InChI=1S/C13H22N2/c1-4-5-8-13(10-14,11-15)9-6-7-12(2)3/h12H,4-9H2,1-3H3. The second-order valence-corrected chi connectivity index (χ2v) is 4.70. The number of unbranched alkanes of at least 4 members (excludes halogenated alkanes) is 1. The molecule has 2 heteroatoms. The first-order chi connectivity index (χ1) is 7.10. The quantitative estimate of drug-likeness (QED) is 0.631. The molecule has 15 heavy (non-hydrogen) atoms. The van der Waals surface area contributed by atoms with Crippen molar-refractivity contribution in [2.75, 3.05) is 0 Å². The molecule has 0 saturated carbocycles. The van der Waals surface area contributed by atoms with Crippen LogP contribution in [0.15, 0.2) is 0 Å². The van der Waals surface area contributed by atoms with Crippen LogP contribution in [-0.4, -0.2) is 0 Å². The Morgan fingerprint density at radius 2 is 1.60 bits per heavy atom. The van der Waals surface area contributed by atoms with Gasteiger partial charge in [-0.25, -0.2) is 0 Å². The van der Waals surface area contributed by atoms with E-state index in [9.17, 15) is 0 Å². The van der Waals surface area contributed by atoms with Crippen LogP contribution in [0.4, 0.5) is 0 Å². The number of nitriles is 2. The number of nitrogens with zero attached hydrogens (tertiary/aromatic N) is 2. The summed E-state index contributed by atoms with van der Waals surface area (Å²) in [5.41, 5.74) is -0.717. The average molecular weight is 206 g/mol. The molecule has 0 aromatic heterocycles. The summed E-state index contributed by atoms with van der Waals surface area (Å²) in [6.45, 7) is 6.44. The maximum atomic E-state index is 9.10. The second kappa shape index (κ2) is 7.30. The van der Waals surface area contributed by atoms with E-state index in [1.54, 1.807) is 0 Å². The van der Waals surface area contributed by atoms with Crippen molar-refractivity contribution < 1.29 is 0 Å². The zero-order valence-electron chi connectivity index (χ0n) is 10.2. The Balaban J connectivity index is 4.15. The highest BCUT2D eigenvalue weighted by Gasteiger charge is 2.28. The molecule has 0 aromatic rings. The van der Waals surface area contributed by atoms with E-state index in [2.05, 4.69) is 32.9 Å². The fourth-order valence-electron chi connectivity index (χ4n) is 1.66. The summed E-state index contributed by atoms with van der Waals surface area (Å²) in [5, 5.41) is 18.2. The number of rotatable bonds is 7. The third-order valence-electron chi connectivity index (χ3n) is 2.77. The van der Waals surface area contributed by atoms with Crippen molar-refractivity contribution in [2.24, 2.45) is 11.3 Å². The fraction of sp³-hybridized carbons (Fsp3) is 0.846. The monoisotopic (exact) mass is 206 g/mol. The van der Waals surface area contributed by atoms with Gasteiger partial charge in [0.05, 0.1) is 12.1 Å². The smallest absolute Gasteiger partial charge is 0.143 e. The van der Waals surface area contributed by atoms with Crippen molar-refractivity contribution in [3.8, 4) is 12.1 Å². The molecule has 0 aliphatic heterocycles. The highest BCUT2D eigenvalue weighted by atomic mass is 14.4. The molecule has 2 nitrogen and oxygen atoms in total. The lowest BCUT2D eigenvalue weighted by molar-refractivity contribution is 0.387. The van der Waals surface area contributed by atoms with E-state index in [1.165, 1.54) is 0 Å². The highest BCUT2D eigenvalue weighted by molar-refractivity contribution is 5.13. The fourth-order valence-corrected chi connectivity index (χ4v) is 1.66. The minimum absolute atomic E-state index is 0.659. The van der Waals surface area contributed by atoms with E-state index < -0.39 is 5.41 Å². The third kappa shape index (κ3) is 5.43. The predicted octanol–water partition coefficient (Wildman–Crippen LogP) is 4.04. The Morgan fingerprint density at radius 3 is 2.00 bits per heavy atom. The first-order valence-corrected chi connectivity index (χ1v) is 5.92. The van der Waals surface area contributed by atoms with Gasteiger partial charge >= 0.3 is 0 Å². The number of hydrogen-bond donors (Lipinski definition) is 0. The third-order valence-corrected chi connectivity index (χ3v) is 2.77. The molecule has 0 rings (SSSR count). The summed E-state index contributed by atoms with van der Waals surface area (Å²) >= 11 is 0. The van der Waals surface area contributed by atoms with E-state index in [4.69, 9.17) is 10.5 Å². The summed E-state index contributed by atoms with van der Waals surface area (Å²) in [5.74, 6) is 0.659. The van der Waals surface area contributed by atoms with Gasteiger partial charge in [-0.3, -0.25) is 0 Å². The molecular formula is C13H22N2. The van der Waals surface area contributed by atoms with Crippen LogP contribution in [0.1, 0.15) is 59.3 Å². The van der Waals surface area contributed by atoms with Crippen molar-refractivity contribution in [2.45, 2.75) is 59.3 Å². The molecule has 0 aromatic carbocycles. The van der Waals surface area contributed by atoms with Crippen molar-refractivity contribution in [1.82, 2.24) is 0 Å². The van der Waals surface area contributed by atoms with Crippen LogP contribution in [0.3, 0.4) is 0 Å². The first-order valence-electron chi connectivity index (χ1n) is 5.92. The molecule has 0 fully saturated rings. The van der Waals surface area contributed by atoms with Crippen molar-refractivity contribution in [3.63, 3.8) is 0 Å². The summed E-state index contributed by atoms with van der Waals surface area (Å²) in [6, 6.07) is 4.43. The Morgan fingerprint density at radius 1 is 1.07 bits per heavy atom. The van der Waals surface area contributed by atoms with Gasteiger partial charge in [0.25, 0.3) is 0 Å². The molecular weight excluding hydrogens is 184 g/mol. The van der Waals surface area contributed by atoms with E-state index >= 15 is 0 Å². The Hall–Kier alpha value is -1.02. The van der Waals surface area contributed by atoms with Gasteiger partial charge in [-0.1, -0.05) is 46.5 Å². The van der Waals surface area contributed by atoms with Crippen LogP contribution in [0.25, 0.3) is 0 Å². The molecule has 0 atom stereocenters. The Labute approximate surface area is 93.9 Å². The molecule has 0 heterocycles. The van der Waals surface area contributed by atoms with Gasteiger partial charge in [0.15, 0.2) is 0 Å². The van der Waals surface area contributed by atoms with Gasteiger partial charge in [-0.2, -0.15) is 10.5 Å². The summed E-state index contributed by atoms with van der Waals surface area (Å²) in [6.07, 6.45) is 5.59. The largest absolute Gasteiger partial charge is 0.197 e. The van der Waals surface area contributed by atoms with E-state index in [1.807, 2.05) is 0 Å². The Bertz CT molecular complexity index is 228. The van der Waals surface area contributed by atoms with Gasteiger partial charge in [0, 0.05) is 0 Å². The molecule has 0 unspecified atom stereocenters. The molecule has 0 aliphatic rings. The molecule has 0 amide bonds. The summed E-state index contributed by atoms with van der Waals surface area (Å²) < 4.78 is 0. The van der Waals surface area contributed by atoms with Crippen LogP contribution in [0.5, 0.6) is 0 Å². The molecule has 0 radical (unpaired) electrons. The maximum absolute atomic E-state index is 9.10. The molecule has 0 aliphatic carbocycles. The molecule has 0 N–H and O–H groups in total. The van der Waals surface area contributed by atoms with Gasteiger partial charge in [-0.05, 0) is 18.8 Å². The highest BCUT2D eigenvalue weighted by Crippen LogP contribution is 2.30. The van der Waals surface area contributed by atoms with Crippen LogP contribution >= 0.6 is 0 Å². The maximum Gasteiger partial charge on any atom is 0.143 e. The van der Waals surface area contributed by atoms with E-state index in [0.29, 0.717) is 5.92 Å². The summed E-state index contributed by atoms with van der Waals surface area (Å²) in [7, 11) is 0. The van der Waals surface area contributed by atoms with Crippen LogP contribution in [0.2, 0.25) is 0 Å². The molecule has 0 bridgehead atoms. The SMILES string of the molecule is CCCCC(C#N)(C#N)CCCC(C)C. The molecule has 0 spiro atoms. The lowest BCUT2D eigenvalue weighted by atomic mass is 9.80. The normalized spacial score (nSPS) is 11.1. The van der Waals surface area contributed by atoms with E-state index in [-0.39, 0.29) is 0 Å². The first kappa shape index (κ1) is 14.0. The van der Waals surface area contributed by atoms with Crippen LogP contribution < -0.4 is 0 Å². The minimum Gasteiger partial charge on any atom is -0.197 e. The Kier molecular flexibility index (Phi) is 6.80. The second-order valence-electron chi connectivity index (χ2n) is 4.70. The lowest BCUT2D eigenvalue weighted by Crippen LogP contribution is -2.16. The van der Waals surface area contributed by atoms with Crippen molar-refractivity contribution >= 4 is 0 Å². The van der Waals surface area contributed by atoms with Gasteiger partial charge in [-0.15, -0.1) is 0 Å². The van der Waals surface area contributed by atoms with Gasteiger partial charge < -0.3 is 0 Å². The predicted molar refractivity (Wildman–Crippen MR) is 61.9 cm³/mol. The summed E-state index contributed by atoms with van der Waals surface area (Å²) in [4.78, 5) is 0. The topological polar surface area (TPSA) is 47.6 Å². The van der Waals surface area contributed by atoms with Crippen molar-refractivity contribution in [1.29, 1.82) is 10.5 Å².